The van der Waals surface area contributed by atoms with E-state index in [9.17, 15) is 31.5 Å². The summed E-state index contributed by atoms with van der Waals surface area (Å²) in [5.41, 5.74) is -1.66. The Balaban J connectivity index is 3.19. The molecule has 1 rings (SSSR count). The van der Waals surface area contributed by atoms with Crippen LogP contribution in [0.1, 0.15) is 0 Å². The molecule has 1 N–H and O–H groups in total. The Kier molecular flexibility index (Phi) is 4.18. The molecule has 0 aromatic carbocycles. The summed E-state index contributed by atoms with van der Waals surface area (Å²) in [6.07, 6.45) is -5.09. The Bertz CT molecular complexity index is 561. The van der Waals surface area contributed by atoms with E-state index in [1.54, 1.807) is 0 Å². The molecule has 0 saturated heterocycles. The molecular formula is C9H3F5N2O3S. The number of halogens is 5. The predicted molar refractivity (Wildman–Crippen MR) is 55.9 cm³/mol. The molecule has 0 aromatic rings. The van der Waals surface area contributed by atoms with E-state index >= 15 is 0 Å². The fourth-order valence-corrected chi connectivity index (χ4v) is 1.96. The lowest BCUT2D eigenvalue weighted by molar-refractivity contribution is -0.152. The van der Waals surface area contributed by atoms with Gasteiger partial charge in [-0.25, -0.2) is 9.79 Å². The second kappa shape index (κ2) is 5.20. The minimum absolute atomic E-state index is 0.0108. The van der Waals surface area contributed by atoms with Crippen LogP contribution in [0.5, 0.6) is 0 Å². The summed E-state index contributed by atoms with van der Waals surface area (Å²) in [6, 6.07) is 1.07. The van der Waals surface area contributed by atoms with Gasteiger partial charge in [0.25, 0.3) is 5.91 Å². The summed E-state index contributed by atoms with van der Waals surface area (Å²) in [5.74, 6) is -6.40. The lowest BCUT2D eigenvalue weighted by atomic mass is 9.98. The number of carboxylic acid groups (broad SMARTS) is 1. The van der Waals surface area contributed by atoms with Crippen LogP contribution in [-0.4, -0.2) is 33.5 Å². The second-order valence-electron chi connectivity index (χ2n) is 3.37. The van der Waals surface area contributed by atoms with Crippen molar-refractivity contribution < 1.29 is 36.6 Å². The van der Waals surface area contributed by atoms with E-state index in [1.165, 1.54) is 0 Å². The molecule has 20 heavy (non-hydrogen) atoms. The molecule has 1 atom stereocenters. The van der Waals surface area contributed by atoms with E-state index in [2.05, 4.69) is 4.99 Å². The lowest BCUT2D eigenvalue weighted by Gasteiger charge is -2.22. The lowest BCUT2D eigenvalue weighted by Crippen LogP contribution is -2.33. The van der Waals surface area contributed by atoms with Gasteiger partial charge in [0.2, 0.25) is 0 Å². The molecule has 1 unspecified atom stereocenters. The first-order valence-corrected chi connectivity index (χ1v) is 5.42. The zero-order valence-corrected chi connectivity index (χ0v) is 9.93. The highest BCUT2D eigenvalue weighted by Gasteiger charge is 2.49. The van der Waals surface area contributed by atoms with Crippen LogP contribution >= 0.6 is 11.8 Å². The molecule has 0 bridgehead atoms. The van der Waals surface area contributed by atoms with E-state index in [4.69, 9.17) is 10.4 Å². The van der Waals surface area contributed by atoms with Crippen molar-refractivity contribution in [1.82, 2.24) is 0 Å². The van der Waals surface area contributed by atoms with Crippen LogP contribution in [0, 0.1) is 17.2 Å². The summed E-state index contributed by atoms with van der Waals surface area (Å²) in [4.78, 5) is 24.1. The van der Waals surface area contributed by atoms with Crippen molar-refractivity contribution in [1.29, 1.82) is 5.26 Å². The molecule has 0 spiro atoms. The molecule has 1 amide bonds. The Labute approximate surface area is 111 Å². The first-order chi connectivity index (χ1) is 8.99. The number of dihydropyridines is 1. The highest BCUT2D eigenvalue weighted by Crippen LogP contribution is 2.40. The zero-order chi connectivity index (χ0) is 15.7. The third-order valence-corrected chi connectivity index (χ3v) is 2.96. The largest absolute Gasteiger partial charge is 0.476 e. The number of amides is 1. The third-order valence-electron chi connectivity index (χ3n) is 2.00. The molecule has 0 aliphatic carbocycles. The van der Waals surface area contributed by atoms with Crippen molar-refractivity contribution in [2.24, 2.45) is 10.9 Å². The number of aliphatic imine (C=N–C) groups is 1. The fraction of sp³-hybridized carbons (Fsp3) is 0.333. The van der Waals surface area contributed by atoms with Crippen molar-refractivity contribution in [3.63, 3.8) is 0 Å². The first kappa shape index (κ1) is 16.1. The van der Waals surface area contributed by atoms with E-state index in [0.717, 1.165) is 6.07 Å². The van der Waals surface area contributed by atoms with Crippen molar-refractivity contribution in [3.8, 4) is 6.07 Å². The maximum absolute atomic E-state index is 13.0. The number of hydrogen-bond acceptors (Lipinski definition) is 4. The summed E-state index contributed by atoms with van der Waals surface area (Å²) >= 11 is -0.880. The van der Waals surface area contributed by atoms with Gasteiger partial charge in [-0.2, -0.15) is 27.2 Å². The average molecular weight is 314 g/mol. The number of carbonyl (C=O) groups excluding carboxylic acids is 1. The molecule has 0 radical (unpaired) electrons. The summed E-state index contributed by atoms with van der Waals surface area (Å²) < 4.78 is 63.6. The second-order valence-corrected chi connectivity index (χ2v) is 4.51. The zero-order valence-electron chi connectivity index (χ0n) is 9.11. The van der Waals surface area contributed by atoms with Gasteiger partial charge >= 0.3 is 17.4 Å². The Morgan fingerprint density at radius 3 is 2.35 bits per heavy atom. The number of rotatable bonds is 2. The van der Waals surface area contributed by atoms with Gasteiger partial charge < -0.3 is 5.11 Å². The van der Waals surface area contributed by atoms with E-state index in [-0.39, 0.29) is 6.08 Å². The van der Waals surface area contributed by atoms with Crippen molar-refractivity contribution in [3.05, 3.63) is 11.6 Å². The van der Waals surface area contributed by atoms with Crippen LogP contribution < -0.4 is 0 Å². The van der Waals surface area contributed by atoms with Gasteiger partial charge in [-0.05, 0) is 11.8 Å². The normalized spacial score (nSPS) is 20.0. The van der Waals surface area contributed by atoms with Crippen LogP contribution in [-0.2, 0) is 9.59 Å². The maximum atomic E-state index is 13.0. The van der Waals surface area contributed by atoms with Crippen LogP contribution in [0.2, 0.25) is 0 Å². The Morgan fingerprint density at radius 2 is 1.95 bits per heavy atom. The van der Waals surface area contributed by atoms with Crippen molar-refractivity contribution in [2.75, 3.05) is 0 Å². The molecule has 1 heterocycles. The summed E-state index contributed by atoms with van der Waals surface area (Å²) in [7, 11) is 0. The van der Waals surface area contributed by atoms with E-state index in [1.807, 2.05) is 0 Å². The van der Waals surface area contributed by atoms with Gasteiger partial charge in [-0.1, -0.05) is 0 Å². The summed E-state index contributed by atoms with van der Waals surface area (Å²) in [5, 5.41) is 11.1. The number of aliphatic carboxylic acids is 1. The monoisotopic (exact) mass is 314 g/mol. The van der Waals surface area contributed by atoms with E-state index < -0.39 is 51.6 Å². The number of nitriles is 1. The number of alkyl halides is 5. The van der Waals surface area contributed by atoms with Crippen LogP contribution in [0.15, 0.2) is 16.6 Å². The molecule has 1 aliphatic heterocycles. The molecular weight excluding hydrogens is 311 g/mol. The first-order valence-electron chi connectivity index (χ1n) is 4.60. The highest BCUT2D eigenvalue weighted by molar-refractivity contribution is 8.15. The SMILES string of the molecule is N#CC1C(C(F)(F)F)=CC(=O)N=C1SC(F)(F)C(=O)O. The summed E-state index contributed by atoms with van der Waals surface area (Å²) in [6.45, 7) is 0. The number of carbonyl (C=O) groups is 2. The molecule has 5 nitrogen and oxygen atoms in total. The highest BCUT2D eigenvalue weighted by atomic mass is 32.2. The van der Waals surface area contributed by atoms with Crippen molar-refractivity contribution in [2.45, 2.75) is 11.4 Å². The Hall–Kier alpha value is -1.96. The molecule has 0 aromatic heterocycles. The predicted octanol–water partition coefficient (Wildman–Crippen LogP) is 1.96. The smallest absolute Gasteiger partial charge is 0.414 e. The van der Waals surface area contributed by atoms with Crippen LogP contribution in [0.3, 0.4) is 0 Å². The van der Waals surface area contributed by atoms with Gasteiger partial charge in [-0.3, -0.25) is 4.79 Å². The van der Waals surface area contributed by atoms with Crippen molar-refractivity contribution >= 4 is 28.7 Å². The van der Waals surface area contributed by atoms with Gasteiger partial charge in [0.15, 0.2) is 0 Å². The van der Waals surface area contributed by atoms with Gasteiger partial charge in [0.05, 0.1) is 11.6 Å². The number of nitrogens with zero attached hydrogens (tertiary/aromatic N) is 2. The molecule has 0 fully saturated rings. The maximum Gasteiger partial charge on any atom is 0.414 e. The van der Waals surface area contributed by atoms with Crippen LogP contribution in [0.4, 0.5) is 22.0 Å². The topological polar surface area (TPSA) is 90.5 Å². The number of allylic oxidation sites excluding steroid dienone is 1. The van der Waals surface area contributed by atoms with Crippen LogP contribution in [0.25, 0.3) is 0 Å². The minimum atomic E-state index is -5.10. The molecule has 108 valence electrons. The van der Waals surface area contributed by atoms with Gasteiger partial charge in [-0.15, -0.1) is 0 Å². The molecule has 11 heteroatoms. The Morgan fingerprint density at radius 1 is 1.40 bits per heavy atom. The quantitative estimate of drug-likeness (QED) is 0.787. The number of hydrogen-bond donors (Lipinski definition) is 1. The van der Waals surface area contributed by atoms with E-state index in [0.29, 0.717) is 0 Å². The van der Waals surface area contributed by atoms with Gasteiger partial charge in [0.1, 0.15) is 11.0 Å². The van der Waals surface area contributed by atoms with Gasteiger partial charge in [0, 0.05) is 6.08 Å². The standard InChI is InChI=1S/C9H3F5N2O3S/c10-8(11,12)4-1-5(17)16-6(3(4)2-15)20-9(13,14)7(18)19/h1,3H,(H,18,19). The fourth-order valence-electron chi connectivity index (χ4n) is 1.18. The average Bonchev–Trinajstić information content (AvgIpc) is 2.26. The number of thioether (sulfide) groups is 1. The number of carboxylic acids is 1. The minimum Gasteiger partial charge on any atom is -0.476 e. The molecule has 0 saturated carbocycles. The third kappa shape index (κ3) is 3.32. The molecule has 1 aliphatic rings.